The Morgan fingerprint density at radius 1 is 0.483 bits per heavy atom. The molecule has 0 spiro atoms. The summed E-state index contributed by atoms with van der Waals surface area (Å²) in [5.74, 6) is 0. The monoisotopic (exact) mass is 766 g/mol. The summed E-state index contributed by atoms with van der Waals surface area (Å²) in [6.07, 6.45) is 0. The van der Waals surface area contributed by atoms with Crippen LogP contribution in [0.15, 0.2) is 186 Å². The maximum Gasteiger partial charge on any atom is 0.333 e. The summed E-state index contributed by atoms with van der Waals surface area (Å²) >= 11 is 0. The van der Waals surface area contributed by atoms with Gasteiger partial charge in [0, 0.05) is 49.5 Å². The molecule has 3 nitrogen and oxygen atoms in total. The molecule has 0 saturated carbocycles. The Balaban J connectivity index is 1.23. The molecule has 13 rings (SSSR count). The van der Waals surface area contributed by atoms with E-state index in [0.29, 0.717) is 0 Å². The van der Waals surface area contributed by atoms with Crippen LogP contribution in [0.25, 0.3) is 87.9 Å². The summed E-state index contributed by atoms with van der Waals surface area (Å²) in [6.45, 7) is 6.95. The van der Waals surface area contributed by atoms with Crippen LogP contribution in [0.3, 0.4) is 0 Å². The highest BCUT2D eigenvalue weighted by atomic mass is 16.3. The van der Waals surface area contributed by atoms with E-state index in [9.17, 15) is 0 Å². The lowest BCUT2D eigenvalue weighted by Crippen LogP contribution is -2.56. The number of fused-ring (bicyclic) bond motifs is 12. The highest BCUT2D eigenvalue weighted by molar-refractivity contribution is 6.90. The third-order valence-corrected chi connectivity index (χ3v) is 13.3. The fraction of sp³-hybridized carbons (Fsp3) is 0.0714. The standard InChI is InChI=1S/C56H39BN2O/c1-56(2,3)39-32-44-43-29-38(35-17-8-5-9-18-35)31-50-53(43)57(59-47-28-26-36-19-10-11-20-40(36)52(47)45(33-39)54(44)59)46-27-25-37(34-15-6-4-7-16-34)30-49(46)58(50)48-23-14-22-42-41-21-12-13-24-51(41)60-55(42)48/h4-33H,1-3H3. The molecular formula is C56H39BN2O. The number of rotatable bonds is 3. The van der Waals surface area contributed by atoms with Crippen molar-refractivity contribution in [1.82, 2.24) is 4.48 Å². The normalized spacial score (nSPS) is 13.2. The smallest absolute Gasteiger partial charge is 0.333 e. The summed E-state index contributed by atoms with van der Waals surface area (Å²) in [5, 5.41) is 7.44. The second-order valence-corrected chi connectivity index (χ2v) is 17.7. The molecule has 0 bridgehead atoms. The third kappa shape index (κ3) is 4.62. The van der Waals surface area contributed by atoms with Crippen LogP contribution in [0.4, 0.5) is 17.1 Å². The van der Waals surface area contributed by atoms with Crippen LogP contribution in [0.1, 0.15) is 26.3 Å². The highest BCUT2D eigenvalue weighted by Gasteiger charge is 2.44. The molecule has 0 fully saturated rings. The molecule has 282 valence electrons. The Kier molecular flexibility index (Phi) is 6.80. The first-order chi connectivity index (χ1) is 29.4. The minimum absolute atomic E-state index is 0.0684. The van der Waals surface area contributed by atoms with Gasteiger partial charge >= 0.3 is 6.85 Å². The van der Waals surface area contributed by atoms with Gasteiger partial charge in [0.15, 0.2) is 5.58 Å². The largest absolute Gasteiger partial charge is 0.454 e. The van der Waals surface area contributed by atoms with Crippen molar-refractivity contribution in [1.29, 1.82) is 0 Å². The maximum atomic E-state index is 6.89. The molecule has 2 aliphatic heterocycles. The molecule has 0 aliphatic carbocycles. The first kappa shape index (κ1) is 33.7. The van der Waals surface area contributed by atoms with E-state index in [-0.39, 0.29) is 12.3 Å². The lowest BCUT2D eigenvalue weighted by atomic mass is 9.45. The summed E-state index contributed by atoms with van der Waals surface area (Å²) < 4.78 is 9.58. The van der Waals surface area contributed by atoms with E-state index >= 15 is 0 Å². The van der Waals surface area contributed by atoms with Crippen molar-refractivity contribution in [3.8, 4) is 33.4 Å². The van der Waals surface area contributed by atoms with Crippen LogP contribution >= 0.6 is 0 Å². The van der Waals surface area contributed by atoms with Crippen molar-refractivity contribution in [3.05, 3.63) is 188 Å². The van der Waals surface area contributed by atoms with Crippen molar-refractivity contribution in [2.75, 3.05) is 4.90 Å². The zero-order chi connectivity index (χ0) is 39.9. The molecule has 0 radical (unpaired) electrons. The zero-order valence-electron chi connectivity index (χ0n) is 33.7. The molecule has 4 heterocycles. The number of para-hydroxylation sites is 2. The first-order valence-corrected chi connectivity index (χ1v) is 21.0. The molecule has 2 aromatic heterocycles. The summed E-state index contributed by atoms with van der Waals surface area (Å²) in [4.78, 5) is 2.52. The Morgan fingerprint density at radius 2 is 1.18 bits per heavy atom. The lowest BCUT2D eigenvalue weighted by Gasteiger charge is -2.41. The van der Waals surface area contributed by atoms with Gasteiger partial charge in [0.2, 0.25) is 0 Å². The number of aromatic nitrogens is 1. The fourth-order valence-corrected chi connectivity index (χ4v) is 10.5. The molecule has 0 atom stereocenters. The number of anilines is 3. The summed E-state index contributed by atoms with van der Waals surface area (Å²) in [7, 11) is 0. The average molecular weight is 767 g/mol. The van der Waals surface area contributed by atoms with E-state index in [1.165, 1.54) is 88.1 Å². The van der Waals surface area contributed by atoms with Crippen molar-refractivity contribution < 1.29 is 4.42 Å². The van der Waals surface area contributed by atoms with Gasteiger partial charge in [0.1, 0.15) is 5.58 Å². The van der Waals surface area contributed by atoms with E-state index in [1.807, 2.05) is 0 Å². The molecule has 60 heavy (non-hydrogen) atoms. The van der Waals surface area contributed by atoms with Gasteiger partial charge in [-0.05, 0) is 109 Å². The van der Waals surface area contributed by atoms with E-state index in [1.54, 1.807) is 0 Å². The van der Waals surface area contributed by atoms with Gasteiger partial charge < -0.3 is 13.8 Å². The zero-order valence-corrected chi connectivity index (χ0v) is 33.7. The molecule has 0 amide bonds. The van der Waals surface area contributed by atoms with E-state index in [2.05, 4.69) is 212 Å². The second kappa shape index (κ2) is 12.1. The number of benzene rings is 9. The van der Waals surface area contributed by atoms with Gasteiger partial charge in [-0.2, -0.15) is 0 Å². The van der Waals surface area contributed by atoms with E-state index < -0.39 is 0 Å². The highest BCUT2D eigenvalue weighted by Crippen LogP contribution is 2.50. The molecule has 11 aromatic rings. The second-order valence-electron chi connectivity index (χ2n) is 17.7. The number of hydrogen-bond acceptors (Lipinski definition) is 2. The third-order valence-electron chi connectivity index (χ3n) is 13.3. The number of furan rings is 1. The predicted molar refractivity (Wildman–Crippen MR) is 254 cm³/mol. The van der Waals surface area contributed by atoms with Crippen molar-refractivity contribution in [2.45, 2.75) is 26.2 Å². The molecule has 0 saturated heterocycles. The molecule has 0 N–H and O–H groups in total. The van der Waals surface area contributed by atoms with Crippen LogP contribution in [0.2, 0.25) is 0 Å². The average Bonchev–Trinajstić information content (AvgIpc) is 3.84. The van der Waals surface area contributed by atoms with Crippen LogP contribution in [-0.4, -0.2) is 11.3 Å². The fourth-order valence-electron chi connectivity index (χ4n) is 10.5. The molecule has 2 aliphatic rings. The van der Waals surface area contributed by atoms with Crippen LogP contribution < -0.4 is 15.8 Å². The topological polar surface area (TPSA) is 21.3 Å². The molecular weight excluding hydrogens is 727 g/mol. The van der Waals surface area contributed by atoms with E-state index in [0.717, 1.165) is 33.3 Å². The first-order valence-electron chi connectivity index (χ1n) is 21.0. The Hall–Kier alpha value is -7.30. The maximum absolute atomic E-state index is 6.89. The quantitative estimate of drug-likeness (QED) is 0.167. The molecule has 4 heteroatoms. The Bertz CT molecular complexity index is 3590. The SMILES string of the molecule is CC(C)(C)c1cc2c3c(c1)c1c4ccccc4ccc1n3B1c3ccc(-c4ccccc4)cc3N(c3cccc4c3oc3ccccc34)c3cc(-c4ccccc4)cc-2c31. The van der Waals surface area contributed by atoms with Crippen molar-refractivity contribution >= 4 is 89.4 Å². The molecule has 0 unspecified atom stereocenters. The summed E-state index contributed by atoms with van der Waals surface area (Å²) in [6, 6.07) is 67.4. The molecule has 9 aromatic carbocycles. The predicted octanol–water partition coefficient (Wildman–Crippen LogP) is 13.9. The number of nitrogens with zero attached hydrogens (tertiary/aromatic N) is 2. The van der Waals surface area contributed by atoms with Crippen LogP contribution in [0, 0.1) is 0 Å². The van der Waals surface area contributed by atoms with Gasteiger partial charge in [0.05, 0.1) is 5.69 Å². The Labute approximate surface area is 348 Å². The van der Waals surface area contributed by atoms with E-state index in [4.69, 9.17) is 4.42 Å². The number of hydrogen-bond donors (Lipinski definition) is 0. The van der Waals surface area contributed by atoms with Gasteiger partial charge in [-0.3, -0.25) is 0 Å². The van der Waals surface area contributed by atoms with Gasteiger partial charge in [-0.1, -0.05) is 154 Å². The van der Waals surface area contributed by atoms with Crippen LogP contribution in [0.5, 0.6) is 0 Å². The minimum atomic E-state index is -0.0834. The summed E-state index contributed by atoms with van der Waals surface area (Å²) in [5.41, 5.74) is 18.9. The Morgan fingerprint density at radius 3 is 1.98 bits per heavy atom. The van der Waals surface area contributed by atoms with Gasteiger partial charge in [-0.25, -0.2) is 0 Å². The van der Waals surface area contributed by atoms with Gasteiger partial charge in [0.25, 0.3) is 0 Å². The van der Waals surface area contributed by atoms with Gasteiger partial charge in [-0.15, -0.1) is 0 Å². The van der Waals surface area contributed by atoms with Crippen LogP contribution in [-0.2, 0) is 5.41 Å². The van der Waals surface area contributed by atoms with Crippen molar-refractivity contribution in [3.63, 3.8) is 0 Å². The lowest BCUT2D eigenvalue weighted by molar-refractivity contribution is 0.591. The minimum Gasteiger partial charge on any atom is -0.454 e. The van der Waals surface area contributed by atoms with Crippen molar-refractivity contribution in [2.24, 2.45) is 0 Å².